The number of carbonyl (C=O) groups is 1. The molecule has 98 valence electrons. The summed E-state index contributed by atoms with van der Waals surface area (Å²) in [5.74, 6) is 0.0520. The summed E-state index contributed by atoms with van der Waals surface area (Å²) < 4.78 is 4.98. The zero-order valence-corrected chi connectivity index (χ0v) is 11.3. The average Bonchev–Trinajstić information content (AvgIpc) is 2.62. The van der Waals surface area contributed by atoms with Crippen molar-refractivity contribution in [3.8, 4) is 0 Å². The van der Waals surface area contributed by atoms with Crippen LogP contribution in [0, 0.1) is 16.7 Å². The minimum Gasteiger partial charge on any atom is -0.469 e. The molecule has 0 radical (unpaired) electrons. The highest BCUT2D eigenvalue weighted by atomic mass is 16.5. The topological polar surface area (TPSA) is 38.3 Å². The zero-order valence-electron chi connectivity index (χ0n) is 11.3. The lowest BCUT2D eigenvalue weighted by molar-refractivity contribution is -0.148. The number of hydrogen-bond donors (Lipinski definition) is 1. The molecule has 1 spiro atoms. The standard InChI is InChI=1S/C14H25NO2/c1-13(2)5-4-6-14(8-7-13)10-15-9-11(14)12(16)17-3/h11,15H,4-10H2,1-3H3. The Hall–Kier alpha value is -0.570. The van der Waals surface area contributed by atoms with Crippen LogP contribution < -0.4 is 5.32 Å². The summed E-state index contributed by atoms with van der Waals surface area (Å²) in [7, 11) is 1.51. The molecule has 0 aromatic heterocycles. The molecule has 3 nitrogen and oxygen atoms in total. The highest BCUT2D eigenvalue weighted by Gasteiger charge is 2.48. The maximum atomic E-state index is 11.9. The summed E-state index contributed by atoms with van der Waals surface area (Å²) >= 11 is 0. The maximum Gasteiger partial charge on any atom is 0.310 e. The number of esters is 1. The van der Waals surface area contributed by atoms with Gasteiger partial charge in [0.15, 0.2) is 0 Å². The van der Waals surface area contributed by atoms with Gasteiger partial charge in [0.05, 0.1) is 13.0 Å². The molecule has 0 amide bonds. The van der Waals surface area contributed by atoms with E-state index in [9.17, 15) is 4.79 Å². The van der Waals surface area contributed by atoms with Gasteiger partial charge in [0.2, 0.25) is 0 Å². The molecule has 1 saturated heterocycles. The van der Waals surface area contributed by atoms with Gasteiger partial charge in [-0.3, -0.25) is 4.79 Å². The van der Waals surface area contributed by atoms with Crippen molar-refractivity contribution in [2.75, 3.05) is 20.2 Å². The van der Waals surface area contributed by atoms with Crippen molar-refractivity contribution >= 4 is 5.97 Å². The maximum absolute atomic E-state index is 11.9. The van der Waals surface area contributed by atoms with E-state index < -0.39 is 0 Å². The Labute approximate surface area is 104 Å². The molecule has 2 unspecified atom stereocenters. The number of methoxy groups -OCH3 is 1. The first-order valence-corrected chi connectivity index (χ1v) is 6.78. The summed E-state index contributed by atoms with van der Waals surface area (Å²) in [5.41, 5.74) is 0.605. The molecule has 0 aromatic carbocycles. The number of ether oxygens (including phenoxy) is 1. The first-order valence-electron chi connectivity index (χ1n) is 6.78. The molecule has 1 saturated carbocycles. The minimum absolute atomic E-state index is 0.0188. The van der Waals surface area contributed by atoms with E-state index in [0.717, 1.165) is 19.5 Å². The molecule has 0 bridgehead atoms. The molecule has 3 heteroatoms. The molecular weight excluding hydrogens is 214 g/mol. The molecule has 2 rings (SSSR count). The second-order valence-electron chi connectivity index (χ2n) is 6.59. The fraction of sp³-hybridized carbons (Fsp3) is 0.929. The second kappa shape index (κ2) is 4.60. The van der Waals surface area contributed by atoms with E-state index in [2.05, 4.69) is 19.2 Å². The largest absolute Gasteiger partial charge is 0.469 e. The van der Waals surface area contributed by atoms with Gasteiger partial charge in [-0.05, 0) is 36.5 Å². The highest BCUT2D eigenvalue weighted by molar-refractivity contribution is 5.74. The predicted molar refractivity (Wildman–Crippen MR) is 67.7 cm³/mol. The fourth-order valence-electron chi connectivity index (χ4n) is 3.56. The van der Waals surface area contributed by atoms with E-state index in [0.29, 0.717) is 5.41 Å². The fourth-order valence-corrected chi connectivity index (χ4v) is 3.56. The van der Waals surface area contributed by atoms with Gasteiger partial charge >= 0.3 is 5.97 Å². The van der Waals surface area contributed by atoms with E-state index in [-0.39, 0.29) is 17.3 Å². The lowest BCUT2D eigenvalue weighted by Gasteiger charge is -2.32. The molecule has 2 aliphatic rings. The number of rotatable bonds is 1. The summed E-state index contributed by atoms with van der Waals surface area (Å²) in [6, 6.07) is 0. The lowest BCUT2D eigenvalue weighted by Crippen LogP contribution is -2.35. The molecule has 1 aliphatic carbocycles. The molecule has 1 heterocycles. The first-order chi connectivity index (χ1) is 7.99. The van der Waals surface area contributed by atoms with Gasteiger partial charge in [-0.2, -0.15) is 0 Å². The molecule has 17 heavy (non-hydrogen) atoms. The molecule has 2 fully saturated rings. The van der Waals surface area contributed by atoms with E-state index in [1.54, 1.807) is 0 Å². The average molecular weight is 239 g/mol. The SMILES string of the molecule is COC(=O)C1CNCC12CCCC(C)(C)CC2. The van der Waals surface area contributed by atoms with Crippen LogP contribution in [0.2, 0.25) is 0 Å². The summed E-state index contributed by atoms with van der Waals surface area (Å²) in [4.78, 5) is 11.9. The van der Waals surface area contributed by atoms with Gasteiger partial charge in [0, 0.05) is 13.1 Å². The predicted octanol–water partition coefficient (Wildman–Crippen LogP) is 2.36. The molecule has 0 aromatic rings. The normalized spacial score (nSPS) is 36.8. The van der Waals surface area contributed by atoms with Crippen LogP contribution in [-0.4, -0.2) is 26.2 Å². The smallest absolute Gasteiger partial charge is 0.310 e. The molecule has 1 aliphatic heterocycles. The number of carbonyl (C=O) groups excluding carboxylic acids is 1. The van der Waals surface area contributed by atoms with Gasteiger partial charge in [-0.1, -0.05) is 20.3 Å². The number of nitrogens with one attached hydrogen (secondary N) is 1. The Balaban J connectivity index is 2.14. The van der Waals surface area contributed by atoms with E-state index in [1.807, 2.05) is 0 Å². The Morgan fingerprint density at radius 3 is 2.71 bits per heavy atom. The molecule has 2 atom stereocenters. The van der Waals surface area contributed by atoms with Gasteiger partial charge in [-0.25, -0.2) is 0 Å². The number of hydrogen-bond acceptors (Lipinski definition) is 3. The molecule has 1 N–H and O–H groups in total. The van der Waals surface area contributed by atoms with Crippen molar-refractivity contribution in [1.29, 1.82) is 0 Å². The van der Waals surface area contributed by atoms with Gasteiger partial charge in [0.1, 0.15) is 0 Å². The van der Waals surface area contributed by atoms with E-state index in [1.165, 1.54) is 32.8 Å². The van der Waals surface area contributed by atoms with Crippen LogP contribution in [0.4, 0.5) is 0 Å². The Morgan fingerprint density at radius 2 is 2.00 bits per heavy atom. The Bertz CT molecular complexity index is 301. The third kappa shape index (κ3) is 2.49. The van der Waals surface area contributed by atoms with Crippen LogP contribution in [0.15, 0.2) is 0 Å². The van der Waals surface area contributed by atoms with E-state index >= 15 is 0 Å². The van der Waals surface area contributed by atoms with Gasteiger partial charge < -0.3 is 10.1 Å². The van der Waals surface area contributed by atoms with E-state index in [4.69, 9.17) is 4.74 Å². The second-order valence-corrected chi connectivity index (χ2v) is 6.59. The van der Waals surface area contributed by atoms with Crippen molar-refractivity contribution in [3.63, 3.8) is 0 Å². The lowest BCUT2D eigenvalue weighted by atomic mass is 9.71. The van der Waals surface area contributed by atoms with Crippen LogP contribution in [0.3, 0.4) is 0 Å². The third-order valence-corrected chi connectivity index (χ3v) is 4.88. The monoisotopic (exact) mass is 239 g/mol. The van der Waals surface area contributed by atoms with Crippen molar-refractivity contribution in [3.05, 3.63) is 0 Å². The zero-order chi connectivity index (χ0) is 12.5. The van der Waals surface area contributed by atoms with Crippen LogP contribution in [-0.2, 0) is 9.53 Å². The van der Waals surface area contributed by atoms with Crippen molar-refractivity contribution < 1.29 is 9.53 Å². The molecular formula is C14H25NO2. The van der Waals surface area contributed by atoms with Crippen LogP contribution in [0.5, 0.6) is 0 Å². The quantitative estimate of drug-likeness (QED) is 0.714. The minimum atomic E-state index is -0.0188. The highest BCUT2D eigenvalue weighted by Crippen LogP contribution is 2.48. The van der Waals surface area contributed by atoms with Crippen LogP contribution >= 0.6 is 0 Å². The third-order valence-electron chi connectivity index (χ3n) is 4.88. The summed E-state index contributed by atoms with van der Waals surface area (Å²) in [6.45, 7) is 6.49. The van der Waals surface area contributed by atoms with Gasteiger partial charge in [0.25, 0.3) is 0 Å². The van der Waals surface area contributed by atoms with Crippen molar-refractivity contribution in [1.82, 2.24) is 5.32 Å². The van der Waals surface area contributed by atoms with Crippen molar-refractivity contribution in [2.45, 2.75) is 46.0 Å². The van der Waals surface area contributed by atoms with Gasteiger partial charge in [-0.15, -0.1) is 0 Å². The van der Waals surface area contributed by atoms with Crippen molar-refractivity contribution in [2.24, 2.45) is 16.7 Å². The van der Waals surface area contributed by atoms with Crippen LogP contribution in [0.25, 0.3) is 0 Å². The van der Waals surface area contributed by atoms with Crippen LogP contribution in [0.1, 0.15) is 46.0 Å². The first kappa shape index (κ1) is 12.9. The Morgan fingerprint density at radius 1 is 1.24 bits per heavy atom. The summed E-state index contributed by atoms with van der Waals surface area (Å²) in [6.07, 6.45) is 6.07. The Kier molecular flexibility index (Phi) is 3.48. The summed E-state index contributed by atoms with van der Waals surface area (Å²) in [5, 5.41) is 3.40.